The van der Waals surface area contributed by atoms with Crippen molar-refractivity contribution in [2.45, 2.75) is 23.6 Å². The average Bonchev–Trinajstić information content (AvgIpc) is 2.32. The fourth-order valence-corrected chi connectivity index (χ4v) is 2.01. The Morgan fingerprint density at radius 3 is 2.82 bits per heavy atom. The van der Waals surface area contributed by atoms with Gasteiger partial charge in [-0.3, -0.25) is 4.79 Å². The Balaban J connectivity index is 3.06. The number of alkyl halides is 1. The van der Waals surface area contributed by atoms with Crippen molar-refractivity contribution in [3.8, 4) is 6.07 Å². The minimum atomic E-state index is -0.307. The highest BCUT2D eigenvalue weighted by Crippen LogP contribution is 2.23. The second-order valence-corrected chi connectivity index (χ2v) is 4.39. The van der Waals surface area contributed by atoms with Crippen molar-refractivity contribution in [3.05, 3.63) is 28.8 Å². The van der Waals surface area contributed by atoms with E-state index in [0.29, 0.717) is 22.4 Å². The number of hydrogen-bond acceptors (Lipinski definition) is 4. The number of nitrogens with zero attached hydrogens (tertiary/aromatic N) is 1. The topological polar surface area (TPSA) is 50.1 Å². The van der Waals surface area contributed by atoms with Crippen molar-refractivity contribution in [1.82, 2.24) is 0 Å². The fraction of sp³-hybridized carbons (Fsp3) is 0.333. The summed E-state index contributed by atoms with van der Waals surface area (Å²) in [6, 6.07) is 5.68. The van der Waals surface area contributed by atoms with E-state index in [4.69, 9.17) is 10.00 Å². The highest BCUT2D eigenvalue weighted by Gasteiger charge is 2.12. The third-order valence-electron chi connectivity index (χ3n) is 2.16. The first kappa shape index (κ1) is 14.1. The first-order valence-corrected chi connectivity index (χ1v) is 6.65. The van der Waals surface area contributed by atoms with Crippen LogP contribution >= 0.6 is 28.6 Å². The minimum absolute atomic E-state index is 0.141. The predicted octanol–water partition coefficient (Wildman–Crippen LogP) is 2.85. The number of thiol groups is 1. The van der Waals surface area contributed by atoms with E-state index in [-0.39, 0.29) is 12.4 Å². The number of halogens is 1. The van der Waals surface area contributed by atoms with Crippen molar-refractivity contribution >= 4 is 34.5 Å². The first-order chi connectivity index (χ1) is 8.12. The molecule has 1 rings (SSSR count). The molecule has 0 saturated heterocycles. The molecule has 0 aromatic heterocycles. The largest absolute Gasteiger partial charge is 0.466 e. The smallest absolute Gasteiger partial charge is 0.310 e. The highest BCUT2D eigenvalue weighted by molar-refractivity contribution is 9.08. The Hall–Kier alpha value is -0.990. The van der Waals surface area contributed by atoms with Gasteiger partial charge in [0.2, 0.25) is 0 Å². The molecule has 1 aromatic rings. The summed E-state index contributed by atoms with van der Waals surface area (Å²) in [7, 11) is 0. The number of rotatable bonds is 4. The van der Waals surface area contributed by atoms with Gasteiger partial charge in [0.25, 0.3) is 0 Å². The Morgan fingerprint density at radius 1 is 1.59 bits per heavy atom. The molecule has 3 nitrogen and oxygen atoms in total. The number of hydrogen-bond donors (Lipinski definition) is 1. The van der Waals surface area contributed by atoms with Gasteiger partial charge in [0.15, 0.2) is 0 Å². The zero-order valence-electron chi connectivity index (χ0n) is 9.36. The molecule has 0 aliphatic rings. The molecule has 0 saturated carbocycles. The van der Waals surface area contributed by atoms with Gasteiger partial charge in [-0.25, -0.2) is 0 Å². The summed E-state index contributed by atoms with van der Waals surface area (Å²) in [5.41, 5.74) is 2.14. The van der Waals surface area contributed by atoms with E-state index < -0.39 is 0 Å². The monoisotopic (exact) mass is 313 g/mol. The van der Waals surface area contributed by atoms with Gasteiger partial charge in [-0.1, -0.05) is 22.0 Å². The van der Waals surface area contributed by atoms with Gasteiger partial charge in [-0.05, 0) is 24.1 Å². The lowest BCUT2D eigenvalue weighted by atomic mass is 10.0. The zero-order chi connectivity index (χ0) is 12.8. The molecule has 0 spiro atoms. The van der Waals surface area contributed by atoms with Gasteiger partial charge in [0.05, 0.1) is 18.6 Å². The van der Waals surface area contributed by atoms with E-state index in [0.717, 1.165) is 11.1 Å². The van der Waals surface area contributed by atoms with Crippen LogP contribution in [0, 0.1) is 11.3 Å². The molecule has 0 bridgehead atoms. The normalized spacial score (nSPS) is 9.76. The predicted molar refractivity (Wildman–Crippen MR) is 71.4 cm³/mol. The van der Waals surface area contributed by atoms with E-state index in [1.807, 2.05) is 6.07 Å². The maximum Gasteiger partial charge on any atom is 0.310 e. The van der Waals surface area contributed by atoms with Crippen LogP contribution in [-0.4, -0.2) is 12.6 Å². The molecule has 5 heteroatoms. The average molecular weight is 314 g/mol. The molecule has 0 aliphatic heterocycles. The van der Waals surface area contributed by atoms with Crippen molar-refractivity contribution in [1.29, 1.82) is 5.26 Å². The zero-order valence-corrected chi connectivity index (χ0v) is 11.8. The summed E-state index contributed by atoms with van der Waals surface area (Å²) in [6.45, 7) is 2.11. The lowest BCUT2D eigenvalue weighted by Gasteiger charge is -2.08. The lowest BCUT2D eigenvalue weighted by molar-refractivity contribution is -0.142. The summed E-state index contributed by atoms with van der Waals surface area (Å²) in [4.78, 5) is 12.0. The molecule has 0 amide bonds. The quantitative estimate of drug-likeness (QED) is 0.528. The van der Waals surface area contributed by atoms with Crippen LogP contribution < -0.4 is 0 Å². The molecular weight excluding hydrogens is 302 g/mol. The van der Waals surface area contributed by atoms with Gasteiger partial charge < -0.3 is 4.74 Å². The van der Waals surface area contributed by atoms with Crippen LogP contribution in [0.25, 0.3) is 0 Å². The maximum atomic E-state index is 11.4. The van der Waals surface area contributed by atoms with E-state index in [2.05, 4.69) is 34.6 Å². The summed E-state index contributed by atoms with van der Waals surface area (Å²) in [5, 5.41) is 9.60. The third kappa shape index (κ3) is 3.76. The SMILES string of the molecule is CCOC(=O)Cc1cc(CBr)cc(C#N)c1S. The van der Waals surface area contributed by atoms with Crippen LogP contribution in [0.3, 0.4) is 0 Å². The van der Waals surface area contributed by atoms with Gasteiger partial charge in [0.1, 0.15) is 6.07 Å². The molecule has 1 aromatic carbocycles. The van der Waals surface area contributed by atoms with Crippen molar-refractivity contribution < 1.29 is 9.53 Å². The van der Waals surface area contributed by atoms with Crippen LogP contribution in [0.2, 0.25) is 0 Å². The number of ether oxygens (including phenoxy) is 1. The number of carbonyl (C=O) groups is 1. The minimum Gasteiger partial charge on any atom is -0.466 e. The Labute approximate surface area is 114 Å². The standard InChI is InChI=1S/C12H12BrNO2S/c1-2-16-11(15)5-9-3-8(6-13)4-10(7-14)12(9)17/h3-4,17H,2,5-6H2,1H3. The molecule has 0 radical (unpaired) electrons. The Kier molecular flexibility index (Phi) is 5.52. The number of nitriles is 1. The Bertz CT molecular complexity index is 468. The van der Waals surface area contributed by atoms with E-state index in [1.165, 1.54) is 0 Å². The van der Waals surface area contributed by atoms with Crippen LogP contribution in [-0.2, 0) is 21.3 Å². The van der Waals surface area contributed by atoms with Gasteiger partial charge in [-0.2, -0.15) is 5.26 Å². The van der Waals surface area contributed by atoms with Crippen molar-refractivity contribution in [2.24, 2.45) is 0 Å². The molecule has 0 aliphatic carbocycles. The molecule has 17 heavy (non-hydrogen) atoms. The van der Waals surface area contributed by atoms with E-state index in [9.17, 15) is 4.79 Å². The molecule has 0 atom stereocenters. The van der Waals surface area contributed by atoms with E-state index >= 15 is 0 Å². The van der Waals surface area contributed by atoms with Gasteiger partial charge in [-0.15, -0.1) is 12.6 Å². The summed E-state index contributed by atoms with van der Waals surface area (Å²) >= 11 is 7.60. The van der Waals surface area contributed by atoms with Crippen molar-refractivity contribution in [3.63, 3.8) is 0 Å². The van der Waals surface area contributed by atoms with Crippen LogP contribution in [0.4, 0.5) is 0 Å². The molecule has 90 valence electrons. The summed E-state index contributed by atoms with van der Waals surface area (Å²) in [6.07, 6.45) is 0.141. The van der Waals surface area contributed by atoms with E-state index in [1.54, 1.807) is 13.0 Å². The number of esters is 1. The third-order valence-corrected chi connectivity index (χ3v) is 3.34. The molecule has 0 unspecified atom stereocenters. The highest BCUT2D eigenvalue weighted by atomic mass is 79.9. The first-order valence-electron chi connectivity index (χ1n) is 5.08. The molecule has 0 heterocycles. The van der Waals surface area contributed by atoms with Gasteiger partial charge in [0, 0.05) is 10.2 Å². The number of carbonyl (C=O) groups excluding carboxylic acids is 1. The van der Waals surface area contributed by atoms with Crippen LogP contribution in [0.15, 0.2) is 17.0 Å². The lowest BCUT2D eigenvalue weighted by Crippen LogP contribution is -2.08. The van der Waals surface area contributed by atoms with Gasteiger partial charge >= 0.3 is 5.97 Å². The Morgan fingerprint density at radius 2 is 2.29 bits per heavy atom. The molecule has 0 fully saturated rings. The van der Waals surface area contributed by atoms with Crippen LogP contribution in [0.1, 0.15) is 23.6 Å². The van der Waals surface area contributed by atoms with Crippen molar-refractivity contribution in [2.75, 3.05) is 6.61 Å². The summed E-state index contributed by atoms with van der Waals surface area (Å²) in [5.74, 6) is -0.307. The number of benzene rings is 1. The molecule has 0 N–H and O–H groups in total. The fourth-order valence-electron chi connectivity index (χ4n) is 1.43. The molecular formula is C12H12BrNO2S. The second-order valence-electron chi connectivity index (χ2n) is 3.38. The summed E-state index contributed by atoms with van der Waals surface area (Å²) < 4.78 is 4.88. The second kappa shape index (κ2) is 6.67. The maximum absolute atomic E-state index is 11.4. The van der Waals surface area contributed by atoms with Crippen LogP contribution in [0.5, 0.6) is 0 Å².